The Morgan fingerprint density at radius 1 is 1.38 bits per heavy atom. The van der Waals surface area contributed by atoms with E-state index in [0.717, 1.165) is 21.8 Å². The molecule has 0 N–H and O–H groups in total. The van der Waals surface area contributed by atoms with Crippen molar-refractivity contribution in [3.63, 3.8) is 0 Å². The van der Waals surface area contributed by atoms with Crippen molar-refractivity contribution in [1.82, 2.24) is 4.98 Å². The van der Waals surface area contributed by atoms with Crippen molar-refractivity contribution in [2.24, 2.45) is 5.16 Å². The molecule has 0 saturated heterocycles. The van der Waals surface area contributed by atoms with Gasteiger partial charge in [-0.2, -0.15) is 0 Å². The smallest absolute Gasteiger partial charge is 0.123 e. The highest BCUT2D eigenvalue weighted by Crippen LogP contribution is 2.25. The van der Waals surface area contributed by atoms with Crippen molar-refractivity contribution in [3.8, 4) is 10.6 Å². The molecule has 0 aliphatic heterocycles. The van der Waals surface area contributed by atoms with Crippen LogP contribution in [0.5, 0.6) is 0 Å². The van der Waals surface area contributed by atoms with Gasteiger partial charge in [-0.05, 0) is 6.92 Å². The molecule has 0 bridgehead atoms. The van der Waals surface area contributed by atoms with Crippen LogP contribution in [0.15, 0.2) is 41.0 Å². The molecule has 1 aromatic heterocycles. The minimum atomic E-state index is 0.855. The lowest BCUT2D eigenvalue weighted by molar-refractivity contribution is 0.213. The van der Waals surface area contributed by atoms with Gasteiger partial charge in [0.1, 0.15) is 12.1 Å². The van der Waals surface area contributed by atoms with E-state index in [1.54, 1.807) is 24.6 Å². The van der Waals surface area contributed by atoms with E-state index in [0.29, 0.717) is 0 Å². The zero-order chi connectivity index (χ0) is 11.4. The number of hydrogen-bond donors (Lipinski definition) is 0. The Bertz CT molecular complexity index is 491. The third-order valence-electron chi connectivity index (χ3n) is 2.21. The van der Waals surface area contributed by atoms with Gasteiger partial charge in [-0.15, -0.1) is 11.3 Å². The molecule has 0 radical (unpaired) electrons. The Balaban J connectivity index is 2.51. The van der Waals surface area contributed by atoms with E-state index in [1.807, 2.05) is 36.6 Å². The number of nitrogens with zero attached hydrogens (tertiary/aromatic N) is 2. The van der Waals surface area contributed by atoms with E-state index in [2.05, 4.69) is 10.1 Å². The number of hydrogen-bond acceptors (Lipinski definition) is 4. The Hall–Kier alpha value is -1.68. The average Bonchev–Trinajstić information content (AvgIpc) is 2.83. The van der Waals surface area contributed by atoms with Crippen LogP contribution in [0.1, 0.15) is 12.5 Å². The summed E-state index contributed by atoms with van der Waals surface area (Å²) in [5, 5.41) is 6.93. The molecule has 82 valence electrons. The Morgan fingerprint density at radius 2 is 2.19 bits per heavy atom. The molecule has 16 heavy (non-hydrogen) atoms. The Morgan fingerprint density at radius 3 is 2.88 bits per heavy atom. The molecule has 0 aliphatic carbocycles. The first-order valence-corrected chi connectivity index (χ1v) is 5.78. The van der Waals surface area contributed by atoms with E-state index in [1.165, 1.54) is 0 Å². The molecule has 3 nitrogen and oxygen atoms in total. The lowest BCUT2D eigenvalue weighted by Crippen LogP contribution is -1.98. The van der Waals surface area contributed by atoms with Gasteiger partial charge < -0.3 is 4.84 Å². The fraction of sp³-hybridized carbons (Fsp3) is 0.167. The third kappa shape index (κ3) is 2.12. The average molecular weight is 232 g/mol. The summed E-state index contributed by atoms with van der Waals surface area (Å²) in [6, 6.07) is 8.05. The summed E-state index contributed by atoms with van der Waals surface area (Å²) in [4.78, 5) is 9.11. The van der Waals surface area contributed by atoms with Crippen LogP contribution in [-0.2, 0) is 4.84 Å². The van der Waals surface area contributed by atoms with Crippen LogP contribution >= 0.6 is 11.3 Å². The number of rotatable bonds is 3. The molecular weight excluding hydrogens is 220 g/mol. The van der Waals surface area contributed by atoms with E-state index in [4.69, 9.17) is 4.84 Å². The van der Waals surface area contributed by atoms with Gasteiger partial charge in [-0.3, -0.25) is 0 Å². The van der Waals surface area contributed by atoms with Crippen LogP contribution in [0, 0.1) is 0 Å². The number of aromatic nitrogens is 1. The van der Waals surface area contributed by atoms with Crippen molar-refractivity contribution in [2.45, 2.75) is 6.92 Å². The maximum absolute atomic E-state index is 4.80. The first-order chi connectivity index (χ1) is 7.83. The zero-order valence-electron chi connectivity index (χ0n) is 9.18. The monoisotopic (exact) mass is 232 g/mol. The predicted molar refractivity (Wildman–Crippen MR) is 66.8 cm³/mol. The highest BCUT2D eigenvalue weighted by Gasteiger charge is 2.09. The second kappa shape index (κ2) is 4.90. The van der Waals surface area contributed by atoms with Gasteiger partial charge >= 0.3 is 0 Å². The quantitative estimate of drug-likeness (QED) is 0.601. The molecule has 1 aromatic carbocycles. The molecule has 0 unspecified atom stereocenters. The van der Waals surface area contributed by atoms with Crippen LogP contribution in [0.4, 0.5) is 0 Å². The van der Waals surface area contributed by atoms with Gasteiger partial charge in [0.25, 0.3) is 0 Å². The molecule has 2 aromatic rings. The lowest BCUT2D eigenvalue weighted by atomic mass is 10.0. The van der Waals surface area contributed by atoms with Crippen LogP contribution in [0.2, 0.25) is 0 Å². The first-order valence-electron chi connectivity index (χ1n) is 4.90. The second-order valence-corrected chi connectivity index (χ2v) is 4.14. The van der Waals surface area contributed by atoms with E-state index in [-0.39, 0.29) is 0 Å². The highest BCUT2D eigenvalue weighted by atomic mass is 32.1. The summed E-state index contributed by atoms with van der Waals surface area (Å²) >= 11 is 1.62. The normalized spacial score (nSPS) is 11.5. The third-order valence-corrected chi connectivity index (χ3v) is 3.01. The first kappa shape index (κ1) is 10.8. The number of thiazole rings is 1. The minimum absolute atomic E-state index is 0.855. The van der Waals surface area contributed by atoms with E-state index < -0.39 is 0 Å². The van der Waals surface area contributed by atoms with Crippen molar-refractivity contribution in [3.05, 3.63) is 41.4 Å². The molecule has 0 saturated carbocycles. The summed E-state index contributed by atoms with van der Waals surface area (Å²) in [5.41, 5.74) is 3.00. The molecule has 0 fully saturated rings. The van der Waals surface area contributed by atoms with Crippen LogP contribution in [0.3, 0.4) is 0 Å². The number of oxime groups is 1. The fourth-order valence-corrected chi connectivity index (χ4v) is 2.20. The van der Waals surface area contributed by atoms with Gasteiger partial charge in [0.15, 0.2) is 0 Å². The van der Waals surface area contributed by atoms with Crippen molar-refractivity contribution < 1.29 is 4.84 Å². The molecule has 0 atom stereocenters. The summed E-state index contributed by atoms with van der Waals surface area (Å²) in [5.74, 6) is 0. The second-order valence-electron chi connectivity index (χ2n) is 3.24. The summed E-state index contributed by atoms with van der Waals surface area (Å²) < 4.78 is 0. The fourth-order valence-electron chi connectivity index (χ4n) is 1.53. The maximum atomic E-state index is 4.80. The van der Waals surface area contributed by atoms with Crippen LogP contribution in [0.25, 0.3) is 10.6 Å². The SMILES string of the molecule is CON=C(C)c1ccccc1-c1nccs1. The number of benzene rings is 1. The molecule has 4 heteroatoms. The molecule has 1 heterocycles. The van der Waals surface area contributed by atoms with E-state index >= 15 is 0 Å². The molecular formula is C12H12N2OS. The van der Waals surface area contributed by atoms with Gasteiger partial charge in [0.2, 0.25) is 0 Å². The summed E-state index contributed by atoms with van der Waals surface area (Å²) in [6.07, 6.45) is 1.81. The Labute approximate surface area is 98.4 Å². The molecule has 0 spiro atoms. The summed E-state index contributed by atoms with van der Waals surface area (Å²) in [7, 11) is 1.55. The topological polar surface area (TPSA) is 34.5 Å². The van der Waals surface area contributed by atoms with Gasteiger partial charge in [0.05, 0.1) is 5.71 Å². The van der Waals surface area contributed by atoms with Crippen molar-refractivity contribution in [1.29, 1.82) is 0 Å². The maximum Gasteiger partial charge on any atom is 0.123 e. The van der Waals surface area contributed by atoms with Gasteiger partial charge in [-0.25, -0.2) is 4.98 Å². The molecule has 0 aliphatic rings. The van der Waals surface area contributed by atoms with Crippen LogP contribution in [-0.4, -0.2) is 17.8 Å². The van der Waals surface area contributed by atoms with Crippen LogP contribution < -0.4 is 0 Å². The van der Waals surface area contributed by atoms with E-state index in [9.17, 15) is 0 Å². The summed E-state index contributed by atoms with van der Waals surface area (Å²) in [6.45, 7) is 1.93. The zero-order valence-corrected chi connectivity index (χ0v) is 9.99. The minimum Gasteiger partial charge on any atom is -0.399 e. The molecule has 2 rings (SSSR count). The van der Waals surface area contributed by atoms with Crippen molar-refractivity contribution in [2.75, 3.05) is 7.11 Å². The largest absolute Gasteiger partial charge is 0.399 e. The van der Waals surface area contributed by atoms with Crippen molar-refractivity contribution >= 4 is 17.0 Å². The Kier molecular flexibility index (Phi) is 3.31. The highest BCUT2D eigenvalue weighted by molar-refractivity contribution is 7.13. The predicted octanol–water partition coefficient (Wildman–Crippen LogP) is 3.18. The van der Waals surface area contributed by atoms with Gasteiger partial charge in [0, 0.05) is 22.7 Å². The standard InChI is InChI=1S/C12H12N2OS/c1-9(14-15-2)10-5-3-4-6-11(10)12-13-7-8-16-12/h3-8H,1-2H3. The molecule has 0 amide bonds. The lowest BCUT2D eigenvalue weighted by Gasteiger charge is -2.05. The van der Waals surface area contributed by atoms with Gasteiger partial charge in [-0.1, -0.05) is 29.4 Å².